The fourth-order valence-corrected chi connectivity index (χ4v) is 2.27. The number of nitrogens with zero attached hydrogens (tertiary/aromatic N) is 1. The van der Waals surface area contributed by atoms with Crippen LogP contribution in [-0.4, -0.2) is 11.4 Å². The van der Waals surface area contributed by atoms with E-state index < -0.39 is 5.54 Å². The van der Waals surface area contributed by atoms with E-state index >= 15 is 0 Å². The molecule has 1 aliphatic carbocycles. The van der Waals surface area contributed by atoms with Crippen molar-refractivity contribution in [3.63, 3.8) is 0 Å². The lowest BCUT2D eigenvalue weighted by Gasteiger charge is -2.20. The summed E-state index contributed by atoms with van der Waals surface area (Å²) >= 11 is 3.13. The lowest BCUT2D eigenvalue weighted by atomic mass is 10.00. The van der Waals surface area contributed by atoms with Crippen molar-refractivity contribution >= 4 is 21.8 Å². The van der Waals surface area contributed by atoms with Gasteiger partial charge in [-0.05, 0) is 53.7 Å². The molecule has 1 aromatic heterocycles. The van der Waals surface area contributed by atoms with E-state index in [4.69, 9.17) is 9.68 Å². The standard InChI is InChI=1S/C11H11BrN2O2/c12-9-4-3-8(16-9)10(15)14-11(7-13)5-1-2-6-11/h3-4H,1-2,5-6H2,(H,14,15). The minimum Gasteiger partial charge on any atom is -0.444 e. The molecule has 0 radical (unpaired) electrons. The first kappa shape index (κ1) is 11.2. The van der Waals surface area contributed by atoms with Gasteiger partial charge >= 0.3 is 0 Å². The summed E-state index contributed by atoms with van der Waals surface area (Å²) in [5.74, 6) is -0.0949. The predicted molar refractivity (Wildman–Crippen MR) is 60.7 cm³/mol. The molecule has 1 heterocycles. The van der Waals surface area contributed by atoms with Gasteiger partial charge < -0.3 is 9.73 Å². The van der Waals surface area contributed by atoms with Gasteiger partial charge in [0.2, 0.25) is 0 Å². The lowest BCUT2D eigenvalue weighted by molar-refractivity contribution is 0.0891. The first-order valence-electron chi connectivity index (χ1n) is 5.14. The second-order valence-electron chi connectivity index (χ2n) is 3.96. The quantitative estimate of drug-likeness (QED) is 0.907. The Kier molecular flexibility index (Phi) is 3.01. The van der Waals surface area contributed by atoms with Crippen molar-refractivity contribution in [3.8, 4) is 6.07 Å². The molecule has 1 amide bonds. The molecule has 0 spiro atoms. The Morgan fingerprint density at radius 2 is 2.19 bits per heavy atom. The highest BCUT2D eigenvalue weighted by Gasteiger charge is 2.36. The molecule has 0 bridgehead atoms. The Morgan fingerprint density at radius 3 is 2.69 bits per heavy atom. The number of rotatable bonds is 2. The molecule has 2 rings (SSSR count). The van der Waals surface area contributed by atoms with E-state index in [0.29, 0.717) is 4.67 Å². The van der Waals surface area contributed by atoms with Gasteiger partial charge in [-0.25, -0.2) is 0 Å². The Balaban J connectivity index is 2.10. The Hall–Kier alpha value is -1.28. The summed E-state index contributed by atoms with van der Waals surface area (Å²) in [5.41, 5.74) is -0.698. The molecule has 1 aromatic rings. The molecular weight excluding hydrogens is 272 g/mol. The number of amides is 1. The third-order valence-corrected chi connectivity index (χ3v) is 3.25. The number of hydrogen-bond donors (Lipinski definition) is 1. The Morgan fingerprint density at radius 1 is 1.50 bits per heavy atom. The summed E-state index contributed by atoms with van der Waals surface area (Å²) in [6.45, 7) is 0. The average Bonchev–Trinajstić information content (AvgIpc) is 2.88. The van der Waals surface area contributed by atoms with E-state index in [-0.39, 0.29) is 11.7 Å². The maximum absolute atomic E-state index is 11.8. The first-order chi connectivity index (χ1) is 7.65. The van der Waals surface area contributed by atoms with Gasteiger partial charge in [0.05, 0.1) is 6.07 Å². The van der Waals surface area contributed by atoms with Crippen molar-refractivity contribution in [2.45, 2.75) is 31.2 Å². The van der Waals surface area contributed by atoms with Crippen molar-refractivity contribution < 1.29 is 9.21 Å². The molecule has 16 heavy (non-hydrogen) atoms. The van der Waals surface area contributed by atoms with Crippen LogP contribution in [-0.2, 0) is 0 Å². The number of hydrogen-bond acceptors (Lipinski definition) is 3. The molecule has 0 saturated heterocycles. The van der Waals surface area contributed by atoms with Crippen molar-refractivity contribution in [2.24, 2.45) is 0 Å². The summed E-state index contributed by atoms with van der Waals surface area (Å²) in [6.07, 6.45) is 3.40. The van der Waals surface area contributed by atoms with Crippen LogP contribution in [0.5, 0.6) is 0 Å². The molecular formula is C11H11BrN2O2. The fourth-order valence-electron chi connectivity index (χ4n) is 1.96. The van der Waals surface area contributed by atoms with Crippen molar-refractivity contribution in [1.82, 2.24) is 5.32 Å². The number of carbonyl (C=O) groups is 1. The van der Waals surface area contributed by atoms with Crippen LogP contribution in [0, 0.1) is 11.3 Å². The summed E-state index contributed by atoms with van der Waals surface area (Å²) in [6, 6.07) is 5.44. The molecule has 0 aliphatic heterocycles. The SMILES string of the molecule is N#CC1(NC(=O)c2ccc(Br)o2)CCCC1. The third-order valence-electron chi connectivity index (χ3n) is 2.82. The van der Waals surface area contributed by atoms with Gasteiger partial charge in [0.15, 0.2) is 10.4 Å². The Labute approximate surface area is 102 Å². The highest BCUT2D eigenvalue weighted by molar-refractivity contribution is 9.10. The monoisotopic (exact) mass is 282 g/mol. The zero-order valence-electron chi connectivity index (χ0n) is 8.62. The van der Waals surface area contributed by atoms with Gasteiger partial charge in [0.25, 0.3) is 5.91 Å². The second-order valence-corrected chi connectivity index (χ2v) is 4.74. The molecule has 4 nitrogen and oxygen atoms in total. The van der Waals surface area contributed by atoms with E-state index in [2.05, 4.69) is 27.3 Å². The van der Waals surface area contributed by atoms with E-state index in [0.717, 1.165) is 25.7 Å². The van der Waals surface area contributed by atoms with E-state index in [1.165, 1.54) is 0 Å². The largest absolute Gasteiger partial charge is 0.444 e. The normalized spacial score (nSPS) is 18.0. The molecule has 5 heteroatoms. The molecule has 0 atom stereocenters. The summed E-state index contributed by atoms with van der Waals surface area (Å²) in [4.78, 5) is 11.8. The van der Waals surface area contributed by atoms with Gasteiger partial charge in [-0.3, -0.25) is 4.79 Å². The predicted octanol–water partition coefficient (Wildman–Crippen LogP) is 2.61. The number of nitrogens with one attached hydrogen (secondary N) is 1. The first-order valence-corrected chi connectivity index (χ1v) is 5.94. The highest BCUT2D eigenvalue weighted by atomic mass is 79.9. The smallest absolute Gasteiger partial charge is 0.288 e. The van der Waals surface area contributed by atoms with Gasteiger partial charge in [0, 0.05) is 0 Å². The maximum atomic E-state index is 11.8. The zero-order chi connectivity index (χ0) is 11.6. The lowest BCUT2D eigenvalue weighted by Crippen LogP contribution is -2.44. The molecule has 1 N–H and O–H groups in total. The van der Waals surface area contributed by atoms with Gasteiger partial charge in [-0.2, -0.15) is 5.26 Å². The highest BCUT2D eigenvalue weighted by Crippen LogP contribution is 2.29. The number of nitriles is 1. The minimum absolute atomic E-state index is 0.230. The maximum Gasteiger partial charge on any atom is 0.288 e. The van der Waals surface area contributed by atoms with E-state index in [1.807, 2.05) is 0 Å². The Bertz CT molecular complexity index is 441. The van der Waals surface area contributed by atoms with Crippen molar-refractivity contribution in [2.75, 3.05) is 0 Å². The summed E-state index contributed by atoms with van der Waals surface area (Å²) in [5, 5.41) is 11.9. The molecule has 84 valence electrons. The summed E-state index contributed by atoms with van der Waals surface area (Å²) < 4.78 is 5.65. The van der Waals surface area contributed by atoms with Crippen LogP contribution in [0.15, 0.2) is 21.2 Å². The number of carbonyl (C=O) groups excluding carboxylic acids is 1. The van der Waals surface area contributed by atoms with Crippen LogP contribution in [0.2, 0.25) is 0 Å². The summed E-state index contributed by atoms with van der Waals surface area (Å²) in [7, 11) is 0. The van der Waals surface area contributed by atoms with Crippen LogP contribution in [0.3, 0.4) is 0 Å². The minimum atomic E-state index is -0.698. The van der Waals surface area contributed by atoms with Crippen LogP contribution < -0.4 is 5.32 Å². The van der Waals surface area contributed by atoms with Crippen LogP contribution >= 0.6 is 15.9 Å². The van der Waals surface area contributed by atoms with Gasteiger partial charge in [0.1, 0.15) is 5.54 Å². The van der Waals surface area contributed by atoms with E-state index in [9.17, 15) is 4.79 Å². The fraction of sp³-hybridized carbons (Fsp3) is 0.455. The molecule has 1 fully saturated rings. The third kappa shape index (κ3) is 2.12. The second kappa shape index (κ2) is 4.30. The van der Waals surface area contributed by atoms with Crippen molar-refractivity contribution in [1.29, 1.82) is 5.26 Å². The zero-order valence-corrected chi connectivity index (χ0v) is 10.2. The topological polar surface area (TPSA) is 66.0 Å². The van der Waals surface area contributed by atoms with Crippen LogP contribution in [0.4, 0.5) is 0 Å². The molecule has 1 saturated carbocycles. The number of halogens is 1. The van der Waals surface area contributed by atoms with Gasteiger partial charge in [-0.1, -0.05) is 0 Å². The average molecular weight is 283 g/mol. The van der Waals surface area contributed by atoms with Crippen LogP contribution in [0.1, 0.15) is 36.2 Å². The van der Waals surface area contributed by atoms with E-state index in [1.54, 1.807) is 12.1 Å². The molecule has 1 aliphatic rings. The van der Waals surface area contributed by atoms with Crippen LogP contribution in [0.25, 0.3) is 0 Å². The number of furan rings is 1. The molecule has 0 aromatic carbocycles. The van der Waals surface area contributed by atoms with Crippen molar-refractivity contribution in [3.05, 3.63) is 22.6 Å². The van der Waals surface area contributed by atoms with Gasteiger partial charge in [-0.15, -0.1) is 0 Å². The molecule has 0 unspecified atom stereocenters.